The molecule has 0 aliphatic rings. The molecule has 0 saturated heterocycles. The van der Waals surface area contributed by atoms with E-state index in [4.69, 9.17) is 16.3 Å². The van der Waals surface area contributed by atoms with E-state index in [1.165, 1.54) is 0 Å². The van der Waals surface area contributed by atoms with Gasteiger partial charge in [-0.15, -0.1) is 0 Å². The Balaban J connectivity index is 3.22. The Kier molecular flexibility index (Phi) is 3.53. The molecule has 0 fully saturated rings. The minimum atomic E-state index is 0.00741. The summed E-state index contributed by atoms with van der Waals surface area (Å²) in [7, 11) is 0. The third-order valence-electron chi connectivity index (χ3n) is 1.84. The van der Waals surface area contributed by atoms with Gasteiger partial charge in [0.05, 0.1) is 16.7 Å². The number of carbonyl (C=O) groups excluding carboxylic acids is 1. The van der Waals surface area contributed by atoms with Crippen LogP contribution in [0.1, 0.15) is 29.8 Å². The molecule has 0 amide bonds. The zero-order valence-electron chi connectivity index (χ0n) is 8.50. The van der Waals surface area contributed by atoms with Crippen molar-refractivity contribution in [3.05, 3.63) is 28.3 Å². The van der Waals surface area contributed by atoms with Crippen LogP contribution in [0.4, 0.5) is 0 Å². The van der Waals surface area contributed by atoms with Crippen LogP contribution >= 0.6 is 11.6 Å². The number of benzene rings is 1. The first kappa shape index (κ1) is 11.1. The van der Waals surface area contributed by atoms with Gasteiger partial charge in [0.1, 0.15) is 5.75 Å². The van der Waals surface area contributed by atoms with Crippen LogP contribution in [0, 0.1) is 6.92 Å². The smallest absolute Gasteiger partial charge is 0.154 e. The first-order valence-corrected chi connectivity index (χ1v) is 4.85. The maximum Gasteiger partial charge on any atom is 0.154 e. The second kappa shape index (κ2) is 4.47. The zero-order chi connectivity index (χ0) is 10.7. The predicted molar refractivity (Wildman–Crippen MR) is 57.3 cm³/mol. The van der Waals surface area contributed by atoms with Gasteiger partial charge in [-0.25, -0.2) is 0 Å². The zero-order valence-corrected chi connectivity index (χ0v) is 9.26. The largest absolute Gasteiger partial charge is 0.489 e. The molecule has 14 heavy (non-hydrogen) atoms. The highest BCUT2D eigenvalue weighted by Gasteiger charge is 2.11. The predicted octanol–water partition coefficient (Wildman–Crippen LogP) is 3.25. The Morgan fingerprint density at radius 2 is 2.07 bits per heavy atom. The Morgan fingerprint density at radius 1 is 1.43 bits per heavy atom. The lowest BCUT2D eigenvalue weighted by atomic mass is 10.1. The van der Waals surface area contributed by atoms with Crippen LogP contribution in [0.3, 0.4) is 0 Å². The molecule has 76 valence electrons. The van der Waals surface area contributed by atoms with Gasteiger partial charge in [-0.3, -0.25) is 4.79 Å². The van der Waals surface area contributed by atoms with Gasteiger partial charge in [-0.1, -0.05) is 17.7 Å². The Labute approximate surface area is 88.8 Å². The molecule has 0 aliphatic heterocycles. The lowest BCUT2D eigenvalue weighted by Crippen LogP contribution is -2.08. The monoisotopic (exact) mass is 212 g/mol. The molecule has 2 nitrogen and oxygen atoms in total. The van der Waals surface area contributed by atoms with Gasteiger partial charge in [0.25, 0.3) is 0 Å². The van der Waals surface area contributed by atoms with Crippen LogP contribution in [0.25, 0.3) is 0 Å². The molecule has 0 aromatic heterocycles. The summed E-state index contributed by atoms with van der Waals surface area (Å²) in [5.74, 6) is 0.483. The van der Waals surface area contributed by atoms with Crippen LogP contribution in [0.2, 0.25) is 5.02 Å². The summed E-state index contributed by atoms with van der Waals surface area (Å²) in [4.78, 5) is 10.8. The van der Waals surface area contributed by atoms with Crippen LogP contribution < -0.4 is 4.74 Å². The SMILES string of the molecule is Cc1ccc(Cl)c(OC(C)C)c1C=O. The fraction of sp³-hybridized carbons (Fsp3) is 0.364. The number of halogens is 1. The van der Waals surface area contributed by atoms with Crippen molar-refractivity contribution in [1.29, 1.82) is 0 Å². The summed E-state index contributed by atoms with van der Waals surface area (Å²) in [6.07, 6.45) is 0.784. The number of hydrogen-bond acceptors (Lipinski definition) is 2. The van der Waals surface area contributed by atoms with E-state index in [0.29, 0.717) is 16.3 Å². The molecule has 0 bridgehead atoms. The average Bonchev–Trinajstić information content (AvgIpc) is 2.11. The summed E-state index contributed by atoms with van der Waals surface area (Å²) in [6, 6.07) is 3.54. The van der Waals surface area contributed by atoms with Gasteiger partial charge in [0, 0.05) is 0 Å². The summed E-state index contributed by atoms with van der Waals surface area (Å²) < 4.78 is 5.48. The van der Waals surface area contributed by atoms with E-state index in [1.807, 2.05) is 20.8 Å². The van der Waals surface area contributed by atoms with Crippen molar-refractivity contribution in [3.63, 3.8) is 0 Å². The van der Waals surface area contributed by atoms with Crippen molar-refractivity contribution < 1.29 is 9.53 Å². The Bertz CT molecular complexity index is 345. The van der Waals surface area contributed by atoms with Gasteiger partial charge >= 0.3 is 0 Å². The molecule has 1 aromatic rings. The quantitative estimate of drug-likeness (QED) is 0.719. The Morgan fingerprint density at radius 3 is 2.57 bits per heavy atom. The van der Waals surface area contributed by atoms with Gasteiger partial charge in [-0.2, -0.15) is 0 Å². The third-order valence-corrected chi connectivity index (χ3v) is 2.14. The lowest BCUT2D eigenvalue weighted by molar-refractivity contribution is 0.111. The number of hydrogen-bond donors (Lipinski definition) is 0. The van der Waals surface area contributed by atoms with Crippen molar-refractivity contribution in [3.8, 4) is 5.75 Å². The van der Waals surface area contributed by atoms with Gasteiger partial charge in [0.15, 0.2) is 6.29 Å². The highest BCUT2D eigenvalue weighted by atomic mass is 35.5. The van der Waals surface area contributed by atoms with Crippen LogP contribution in [-0.4, -0.2) is 12.4 Å². The highest BCUT2D eigenvalue weighted by molar-refractivity contribution is 6.32. The fourth-order valence-electron chi connectivity index (χ4n) is 1.17. The minimum Gasteiger partial charge on any atom is -0.489 e. The van der Waals surface area contributed by atoms with Crippen LogP contribution in [-0.2, 0) is 0 Å². The third kappa shape index (κ3) is 2.26. The van der Waals surface area contributed by atoms with E-state index in [1.54, 1.807) is 12.1 Å². The van der Waals surface area contributed by atoms with Crippen molar-refractivity contribution in [2.24, 2.45) is 0 Å². The molecule has 0 radical (unpaired) electrons. The lowest BCUT2D eigenvalue weighted by Gasteiger charge is -2.14. The molecule has 1 rings (SSSR count). The number of aryl methyl sites for hydroxylation is 1. The standard InChI is InChI=1S/C11H13ClO2/c1-7(2)14-11-9(6-13)8(3)4-5-10(11)12/h4-7H,1-3H3. The molecule has 0 aliphatic carbocycles. The number of carbonyl (C=O) groups is 1. The van der Waals surface area contributed by atoms with Crippen LogP contribution in [0.15, 0.2) is 12.1 Å². The molecule has 0 saturated carbocycles. The molecule has 3 heteroatoms. The molecule has 0 unspecified atom stereocenters. The second-order valence-electron chi connectivity index (χ2n) is 3.39. The molecule has 0 N–H and O–H groups in total. The summed E-state index contributed by atoms with van der Waals surface area (Å²) >= 11 is 5.94. The van der Waals surface area contributed by atoms with Gasteiger partial charge < -0.3 is 4.74 Å². The summed E-state index contributed by atoms with van der Waals surface area (Å²) in [5.41, 5.74) is 1.41. The maximum absolute atomic E-state index is 10.8. The molecular weight excluding hydrogens is 200 g/mol. The molecule has 0 heterocycles. The van der Waals surface area contributed by atoms with Crippen molar-refractivity contribution in [2.45, 2.75) is 26.9 Å². The molecular formula is C11H13ClO2. The minimum absolute atomic E-state index is 0.00741. The fourth-order valence-corrected chi connectivity index (χ4v) is 1.38. The van der Waals surface area contributed by atoms with E-state index >= 15 is 0 Å². The average molecular weight is 213 g/mol. The van der Waals surface area contributed by atoms with E-state index < -0.39 is 0 Å². The normalized spacial score (nSPS) is 10.4. The summed E-state index contributed by atoms with van der Waals surface area (Å²) in [6.45, 7) is 5.65. The summed E-state index contributed by atoms with van der Waals surface area (Å²) in [5, 5.41) is 0.478. The van der Waals surface area contributed by atoms with Gasteiger partial charge in [-0.05, 0) is 32.4 Å². The van der Waals surface area contributed by atoms with E-state index in [-0.39, 0.29) is 6.10 Å². The first-order valence-electron chi connectivity index (χ1n) is 4.47. The number of rotatable bonds is 3. The topological polar surface area (TPSA) is 26.3 Å². The van der Waals surface area contributed by atoms with Crippen LogP contribution in [0.5, 0.6) is 5.75 Å². The number of ether oxygens (including phenoxy) is 1. The number of aldehydes is 1. The van der Waals surface area contributed by atoms with Crippen molar-refractivity contribution in [2.75, 3.05) is 0 Å². The first-order chi connectivity index (χ1) is 6.56. The maximum atomic E-state index is 10.8. The second-order valence-corrected chi connectivity index (χ2v) is 3.80. The highest BCUT2D eigenvalue weighted by Crippen LogP contribution is 2.30. The molecule has 1 aromatic carbocycles. The van der Waals surface area contributed by atoms with E-state index in [9.17, 15) is 4.79 Å². The van der Waals surface area contributed by atoms with Gasteiger partial charge in [0.2, 0.25) is 0 Å². The van der Waals surface area contributed by atoms with E-state index in [0.717, 1.165) is 11.8 Å². The van der Waals surface area contributed by atoms with E-state index in [2.05, 4.69) is 0 Å². The molecule has 0 spiro atoms. The van der Waals surface area contributed by atoms with Crippen molar-refractivity contribution >= 4 is 17.9 Å². The Hall–Kier alpha value is -1.02. The molecule has 0 atom stereocenters. The van der Waals surface area contributed by atoms with Crippen molar-refractivity contribution in [1.82, 2.24) is 0 Å².